The molecule has 1 aliphatic heterocycles. The van der Waals surface area contributed by atoms with Crippen LogP contribution in [0.1, 0.15) is 36.0 Å². The van der Waals surface area contributed by atoms with Gasteiger partial charge in [-0.15, -0.1) is 0 Å². The number of hydrogen-bond donors (Lipinski definition) is 3. The van der Waals surface area contributed by atoms with E-state index in [9.17, 15) is 14.7 Å². The minimum absolute atomic E-state index is 0.0800. The molecule has 2 amide bonds. The molecule has 3 rings (SSSR count). The first kappa shape index (κ1) is 16.0. The quantitative estimate of drug-likeness (QED) is 0.730. The van der Waals surface area contributed by atoms with E-state index in [-0.39, 0.29) is 31.0 Å². The van der Waals surface area contributed by atoms with Gasteiger partial charge in [-0.3, -0.25) is 14.5 Å². The molecule has 124 valence electrons. The monoisotopic (exact) mass is 317 g/mol. The van der Waals surface area contributed by atoms with Crippen molar-refractivity contribution in [3.05, 3.63) is 29.8 Å². The average Bonchev–Trinajstić information content (AvgIpc) is 3.24. The van der Waals surface area contributed by atoms with Gasteiger partial charge in [0, 0.05) is 23.3 Å². The van der Waals surface area contributed by atoms with E-state index < -0.39 is 0 Å². The molecule has 0 aromatic heterocycles. The van der Waals surface area contributed by atoms with Gasteiger partial charge >= 0.3 is 0 Å². The molecule has 1 heterocycles. The Morgan fingerprint density at radius 1 is 1.26 bits per heavy atom. The highest BCUT2D eigenvalue weighted by Gasteiger charge is 2.26. The number of rotatable bonds is 6. The first-order valence-corrected chi connectivity index (χ1v) is 8.21. The number of carbonyl (C=O) groups excluding carboxylic acids is 2. The lowest BCUT2D eigenvalue weighted by Crippen LogP contribution is -2.38. The van der Waals surface area contributed by atoms with Gasteiger partial charge in [-0.05, 0) is 50.4 Å². The van der Waals surface area contributed by atoms with E-state index in [1.807, 2.05) is 4.90 Å². The SMILES string of the molecule is O=C(CN1CCC[C@H]1CO)Nc1cccc(C(=O)NC2CC2)c1. The Balaban J connectivity index is 1.56. The van der Waals surface area contributed by atoms with E-state index in [4.69, 9.17) is 0 Å². The molecule has 2 fully saturated rings. The molecular weight excluding hydrogens is 294 g/mol. The molecule has 23 heavy (non-hydrogen) atoms. The number of amides is 2. The molecule has 0 spiro atoms. The molecule has 1 saturated heterocycles. The van der Waals surface area contributed by atoms with Crippen molar-refractivity contribution in [1.29, 1.82) is 0 Å². The summed E-state index contributed by atoms with van der Waals surface area (Å²) in [6.07, 6.45) is 4.03. The van der Waals surface area contributed by atoms with Crippen LogP contribution in [0.5, 0.6) is 0 Å². The lowest BCUT2D eigenvalue weighted by molar-refractivity contribution is -0.117. The molecule has 1 saturated carbocycles. The van der Waals surface area contributed by atoms with Gasteiger partial charge < -0.3 is 15.7 Å². The average molecular weight is 317 g/mol. The fraction of sp³-hybridized carbons (Fsp3) is 0.529. The van der Waals surface area contributed by atoms with Crippen LogP contribution >= 0.6 is 0 Å². The predicted octanol–water partition coefficient (Wildman–Crippen LogP) is 0.974. The summed E-state index contributed by atoms with van der Waals surface area (Å²) in [5.41, 5.74) is 1.18. The fourth-order valence-corrected chi connectivity index (χ4v) is 2.93. The van der Waals surface area contributed by atoms with Crippen LogP contribution in [0.3, 0.4) is 0 Å². The minimum Gasteiger partial charge on any atom is -0.395 e. The van der Waals surface area contributed by atoms with Crippen molar-refractivity contribution in [3.63, 3.8) is 0 Å². The van der Waals surface area contributed by atoms with Crippen LogP contribution in [-0.2, 0) is 4.79 Å². The predicted molar refractivity (Wildman–Crippen MR) is 87.2 cm³/mol. The Labute approximate surface area is 135 Å². The summed E-state index contributed by atoms with van der Waals surface area (Å²) >= 11 is 0. The minimum atomic E-state index is -0.120. The Hall–Kier alpha value is -1.92. The summed E-state index contributed by atoms with van der Waals surface area (Å²) in [5.74, 6) is -0.214. The molecular formula is C17H23N3O3. The topological polar surface area (TPSA) is 81.7 Å². The second-order valence-electron chi connectivity index (χ2n) is 6.33. The van der Waals surface area contributed by atoms with Crippen LogP contribution in [0.2, 0.25) is 0 Å². The second kappa shape index (κ2) is 7.10. The van der Waals surface area contributed by atoms with Crippen molar-refractivity contribution in [2.45, 2.75) is 37.8 Å². The molecule has 1 aromatic rings. The van der Waals surface area contributed by atoms with Gasteiger partial charge in [-0.25, -0.2) is 0 Å². The number of benzene rings is 1. The molecule has 1 aromatic carbocycles. The molecule has 6 nitrogen and oxygen atoms in total. The molecule has 0 radical (unpaired) electrons. The highest BCUT2D eigenvalue weighted by atomic mass is 16.3. The van der Waals surface area contributed by atoms with Gasteiger partial charge in [0.05, 0.1) is 13.2 Å². The third-order valence-electron chi connectivity index (χ3n) is 4.38. The van der Waals surface area contributed by atoms with Crippen molar-refractivity contribution < 1.29 is 14.7 Å². The van der Waals surface area contributed by atoms with Gasteiger partial charge in [-0.2, -0.15) is 0 Å². The summed E-state index contributed by atoms with van der Waals surface area (Å²) in [6.45, 7) is 1.19. The molecule has 3 N–H and O–H groups in total. The molecule has 6 heteroatoms. The number of likely N-dealkylation sites (tertiary alicyclic amines) is 1. The van der Waals surface area contributed by atoms with E-state index in [2.05, 4.69) is 10.6 Å². The van der Waals surface area contributed by atoms with E-state index in [0.29, 0.717) is 17.3 Å². The van der Waals surface area contributed by atoms with Crippen molar-refractivity contribution in [2.24, 2.45) is 0 Å². The highest BCUT2D eigenvalue weighted by molar-refractivity contribution is 5.97. The summed E-state index contributed by atoms with van der Waals surface area (Å²) in [4.78, 5) is 26.2. The Bertz CT molecular complexity index is 586. The molecule has 1 aliphatic carbocycles. The number of aliphatic hydroxyl groups is 1. The molecule has 2 aliphatic rings. The summed E-state index contributed by atoms with van der Waals surface area (Å²) < 4.78 is 0. The number of nitrogens with one attached hydrogen (secondary N) is 2. The van der Waals surface area contributed by atoms with Gasteiger partial charge in [0.1, 0.15) is 0 Å². The van der Waals surface area contributed by atoms with Gasteiger partial charge in [0.2, 0.25) is 5.91 Å². The summed E-state index contributed by atoms with van der Waals surface area (Å²) in [5, 5.41) is 15.1. The van der Waals surface area contributed by atoms with Crippen molar-refractivity contribution in [2.75, 3.05) is 25.0 Å². The Kier molecular flexibility index (Phi) is 4.93. The maximum Gasteiger partial charge on any atom is 0.251 e. The lowest BCUT2D eigenvalue weighted by Gasteiger charge is -2.21. The third kappa shape index (κ3) is 4.30. The summed E-state index contributed by atoms with van der Waals surface area (Å²) in [6, 6.07) is 7.38. The van der Waals surface area contributed by atoms with Crippen LogP contribution < -0.4 is 10.6 Å². The van der Waals surface area contributed by atoms with Crippen LogP contribution in [0, 0.1) is 0 Å². The van der Waals surface area contributed by atoms with E-state index in [1.165, 1.54) is 0 Å². The van der Waals surface area contributed by atoms with E-state index >= 15 is 0 Å². The van der Waals surface area contributed by atoms with Crippen molar-refractivity contribution in [3.8, 4) is 0 Å². The van der Waals surface area contributed by atoms with Crippen LogP contribution in [0.4, 0.5) is 5.69 Å². The van der Waals surface area contributed by atoms with Crippen molar-refractivity contribution in [1.82, 2.24) is 10.2 Å². The maximum atomic E-state index is 12.2. The van der Waals surface area contributed by atoms with Crippen molar-refractivity contribution >= 4 is 17.5 Å². The number of nitrogens with zero attached hydrogens (tertiary/aromatic N) is 1. The zero-order chi connectivity index (χ0) is 16.2. The van der Waals surface area contributed by atoms with Crippen LogP contribution in [0.25, 0.3) is 0 Å². The first-order valence-electron chi connectivity index (χ1n) is 8.21. The zero-order valence-electron chi connectivity index (χ0n) is 13.1. The second-order valence-corrected chi connectivity index (χ2v) is 6.33. The van der Waals surface area contributed by atoms with E-state index in [1.54, 1.807) is 24.3 Å². The highest BCUT2D eigenvalue weighted by Crippen LogP contribution is 2.20. The largest absolute Gasteiger partial charge is 0.395 e. The van der Waals surface area contributed by atoms with Crippen LogP contribution in [-0.4, -0.2) is 53.6 Å². The Morgan fingerprint density at radius 3 is 2.83 bits per heavy atom. The standard InChI is InChI=1S/C17H23N3O3/c21-11-15-5-2-8-20(15)10-16(22)18-14-4-1-3-12(9-14)17(23)19-13-6-7-13/h1,3-4,9,13,15,21H,2,5-8,10-11H2,(H,18,22)(H,19,23)/t15-/m0/s1. The lowest BCUT2D eigenvalue weighted by atomic mass is 10.2. The normalized spacial score (nSPS) is 21.2. The number of hydrogen-bond acceptors (Lipinski definition) is 4. The number of aliphatic hydroxyl groups excluding tert-OH is 1. The molecule has 0 unspecified atom stereocenters. The Morgan fingerprint density at radius 2 is 2.09 bits per heavy atom. The molecule has 0 bridgehead atoms. The smallest absolute Gasteiger partial charge is 0.251 e. The zero-order valence-corrected chi connectivity index (χ0v) is 13.1. The molecule has 1 atom stereocenters. The van der Waals surface area contributed by atoms with Gasteiger partial charge in [-0.1, -0.05) is 6.07 Å². The fourth-order valence-electron chi connectivity index (χ4n) is 2.93. The number of carbonyl (C=O) groups is 2. The third-order valence-corrected chi connectivity index (χ3v) is 4.38. The van der Waals surface area contributed by atoms with Gasteiger partial charge in [0.15, 0.2) is 0 Å². The van der Waals surface area contributed by atoms with E-state index in [0.717, 1.165) is 32.2 Å². The number of anilines is 1. The maximum absolute atomic E-state index is 12.2. The van der Waals surface area contributed by atoms with Crippen LogP contribution in [0.15, 0.2) is 24.3 Å². The van der Waals surface area contributed by atoms with Gasteiger partial charge in [0.25, 0.3) is 5.91 Å². The first-order chi connectivity index (χ1) is 11.2. The summed E-state index contributed by atoms with van der Waals surface area (Å²) in [7, 11) is 0.